The molecule has 2 heteroatoms. The zero-order chi connectivity index (χ0) is 14.4. The first kappa shape index (κ1) is 16.3. The molecular weight excluding hydrogens is 244 g/mol. The van der Waals surface area contributed by atoms with Gasteiger partial charge in [-0.25, -0.2) is 0 Å². The molecule has 2 nitrogen and oxygen atoms in total. The quantitative estimate of drug-likeness (QED) is 0.759. The van der Waals surface area contributed by atoms with Crippen LogP contribution in [0.5, 0.6) is 0 Å². The van der Waals surface area contributed by atoms with Crippen molar-refractivity contribution in [2.45, 2.75) is 96.7 Å². The van der Waals surface area contributed by atoms with Crippen molar-refractivity contribution in [1.29, 1.82) is 0 Å². The van der Waals surface area contributed by atoms with Crippen LogP contribution in [0.4, 0.5) is 0 Å². The Hall–Kier alpha value is -0.0800. The van der Waals surface area contributed by atoms with Gasteiger partial charge in [0.05, 0.1) is 0 Å². The minimum absolute atomic E-state index is 0.726. The lowest BCUT2D eigenvalue weighted by Gasteiger charge is -2.36. The van der Waals surface area contributed by atoms with Crippen LogP contribution >= 0.6 is 0 Å². The van der Waals surface area contributed by atoms with Crippen molar-refractivity contribution in [3.8, 4) is 0 Å². The number of nitrogens with one attached hydrogen (secondary N) is 1. The molecule has 1 heterocycles. The van der Waals surface area contributed by atoms with Crippen molar-refractivity contribution in [2.24, 2.45) is 5.92 Å². The highest BCUT2D eigenvalue weighted by Crippen LogP contribution is 2.27. The Kier molecular flexibility index (Phi) is 6.83. The van der Waals surface area contributed by atoms with Crippen LogP contribution < -0.4 is 5.32 Å². The lowest BCUT2D eigenvalue weighted by atomic mass is 9.95. The van der Waals surface area contributed by atoms with E-state index in [9.17, 15) is 0 Å². The fourth-order valence-corrected chi connectivity index (χ4v) is 4.16. The third kappa shape index (κ3) is 5.04. The maximum atomic E-state index is 3.99. The van der Waals surface area contributed by atoms with Crippen molar-refractivity contribution in [3.63, 3.8) is 0 Å². The average Bonchev–Trinajstić information content (AvgIpc) is 2.66. The molecular formula is C18H36N2. The summed E-state index contributed by atoms with van der Waals surface area (Å²) in [4.78, 5) is 2.63. The Morgan fingerprint density at radius 3 is 2.30 bits per heavy atom. The Balaban J connectivity index is 1.69. The van der Waals surface area contributed by atoms with Crippen LogP contribution in [0.2, 0.25) is 0 Å². The Bertz CT molecular complexity index is 256. The summed E-state index contributed by atoms with van der Waals surface area (Å²) >= 11 is 0. The second kappa shape index (κ2) is 8.38. The van der Waals surface area contributed by atoms with Crippen molar-refractivity contribution >= 4 is 0 Å². The molecule has 1 saturated heterocycles. The molecule has 0 aromatic carbocycles. The van der Waals surface area contributed by atoms with Crippen LogP contribution in [0.3, 0.4) is 0 Å². The van der Waals surface area contributed by atoms with Crippen molar-refractivity contribution in [2.75, 3.05) is 13.1 Å². The van der Waals surface area contributed by atoms with Crippen molar-refractivity contribution in [3.05, 3.63) is 0 Å². The van der Waals surface area contributed by atoms with Gasteiger partial charge in [0.15, 0.2) is 0 Å². The van der Waals surface area contributed by atoms with E-state index in [0.29, 0.717) is 0 Å². The Labute approximate surface area is 126 Å². The van der Waals surface area contributed by atoms with Gasteiger partial charge in [-0.05, 0) is 65.0 Å². The van der Waals surface area contributed by atoms with Gasteiger partial charge in [-0.1, -0.05) is 32.6 Å². The fourth-order valence-electron chi connectivity index (χ4n) is 4.16. The summed E-state index contributed by atoms with van der Waals surface area (Å²) in [6, 6.07) is 2.33. The monoisotopic (exact) mass is 280 g/mol. The summed E-state index contributed by atoms with van der Waals surface area (Å²) in [5, 5.41) is 3.99. The lowest BCUT2D eigenvalue weighted by molar-refractivity contribution is 0.154. The molecule has 2 rings (SSSR count). The van der Waals surface area contributed by atoms with Gasteiger partial charge in [-0.15, -0.1) is 0 Å². The molecule has 1 aliphatic heterocycles. The van der Waals surface area contributed by atoms with Crippen LogP contribution in [-0.2, 0) is 0 Å². The van der Waals surface area contributed by atoms with E-state index in [1.165, 1.54) is 70.9 Å². The number of hydrogen-bond donors (Lipinski definition) is 1. The minimum atomic E-state index is 0.726. The average molecular weight is 281 g/mol. The van der Waals surface area contributed by atoms with Gasteiger partial charge in [-0.3, -0.25) is 0 Å². The highest BCUT2D eigenvalue weighted by molar-refractivity contribution is 4.83. The second-order valence-corrected chi connectivity index (χ2v) is 7.43. The van der Waals surface area contributed by atoms with E-state index >= 15 is 0 Å². The number of hydrogen-bond acceptors (Lipinski definition) is 2. The summed E-state index contributed by atoms with van der Waals surface area (Å²) in [7, 11) is 0. The molecule has 0 aromatic heterocycles. The highest BCUT2D eigenvalue weighted by Gasteiger charge is 2.24. The highest BCUT2D eigenvalue weighted by atomic mass is 15.2. The van der Waals surface area contributed by atoms with E-state index in [2.05, 4.69) is 31.0 Å². The molecule has 2 atom stereocenters. The molecule has 0 bridgehead atoms. The predicted octanol–water partition coefficient (Wildman–Crippen LogP) is 4.20. The first-order chi connectivity index (χ1) is 9.69. The Morgan fingerprint density at radius 1 is 0.950 bits per heavy atom. The number of nitrogens with zero attached hydrogens (tertiary/aromatic N) is 1. The van der Waals surface area contributed by atoms with Gasteiger partial charge in [0.1, 0.15) is 0 Å². The number of likely N-dealkylation sites (tertiary alicyclic amines) is 1. The molecule has 1 saturated carbocycles. The molecule has 2 fully saturated rings. The van der Waals surface area contributed by atoms with Gasteiger partial charge < -0.3 is 10.2 Å². The van der Waals surface area contributed by atoms with Crippen LogP contribution in [0.15, 0.2) is 0 Å². The summed E-state index contributed by atoms with van der Waals surface area (Å²) in [6.07, 6.45) is 12.8. The molecule has 2 unspecified atom stereocenters. The second-order valence-electron chi connectivity index (χ2n) is 7.43. The lowest BCUT2D eigenvalue weighted by Crippen LogP contribution is -2.47. The van der Waals surface area contributed by atoms with E-state index in [4.69, 9.17) is 0 Å². The molecule has 0 radical (unpaired) electrons. The molecule has 118 valence electrons. The van der Waals surface area contributed by atoms with E-state index in [-0.39, 0.29) is 0 Å². The van der Waals surface area contributed by atoms with Gasteiger partial charge in [0.2, 0.25) is 0 Å². The largest absolute Gasteiger partial charge is 0.311 e. The SMILES string of the molecule is CCCC1CCCC(NC2CCN(C(C)C)CC2)CC1. The molecule has 0 aromatic rings. The van der Waals surface area contributed by atoms with Crippen LogP contribution in [0.1, 0.15) is 78.6 Å². The first-order valence-electron chi connectivity index (χ1n) is 9.19. The maximum absolute atomic E-state index is 3.99. The zero-order valence-electron chi connectivity index (χ0n) is 14.0. The van der Waals surface area contributed by atoms with Crippen LogP contribution in [-0.4, -0.2) is 36.1 Å². The summed E-state index contributed by atoms with van der Waals surface area (Å²) in [5.41, 5.74) is 0. The minimum Gasteiger partial charge on any atom is -0.311 e. The topological polar surface area (TPSA) is 15.3 Å². The molecule has 2 aliphatic rings. The van der Waals surface area contributed by atoms with Crippen molar-refractivity contribution in [1.82, 2.24) is 10.2 Å². The van der Waals surface area contributed by atoms with Crippen LogP contribution in [0.25, 0.3) is 0 Å². The standard InChI is InChI=1S/C18H36N2/c1-4-6-16-7-5-8-17(10-9-16)19-18-11-13-20(14-12-18)15(2)3/h15-19H,4-14H2,1-3H3. The van der Waals surface area contributed by atoms with Crippen LogP contribution in [0, 0.1) is 5.92 Å². The zero-order valence-corrected chi connectivity index (χ0v) is 14.0. The molecule has 1 aliphatic carbocycles. The number of piperidine rings is 1. The number of rotatable bonds is 5. The maximum Gasteiger partial charge on any atom is 0.00940 e. The van der Waals surface area contributed by atoms with E-state index in [0.717, 1.165) is 24.0 Å². The first-order valence-corrected chi connectivity index (χ1v) is 9.19. The van der Waals surface area contributed by atoms with E-state index in [1.807, 2.05) is 0 Å². The smallest absolute Gasteiger partial charge is 0.00940 e. The molecule has 0 spiro atoms. The molecule has 20 heavy (non-hydrogen) atoms. The summed E-state index contributed by atoms with van der Waals surface area (Å²) in [6.45, 7) is 9.57. The summed E-state index contributed by atoms with van der Waals surface area (Å²) < 4.78 is 0. The van der Waals surface area contributed by atoms with Gasteiger partial charge >= 0.3 is 0 Å². The van der Waals surface area contributed by atoms with Gasteiger partial charge in [-0.2, -0.15) is 0 Å². The molecule has 0 amide bonds. The summed E-state index contributed by atoms with van der Waals surface area (Å²) in [5.74, 6) is 1.02. The molecule has 1 N–H and O–H groups in total. The fraction of sp³-hybridized carbons (Fsp3) is 1.00. The van der Waals surface area contributed by atoms with Gasteiger partial charge in [0, 0.05) is 18.1 Å². The van der Waals surface area contributed by atoms with E-state index < -0.39 is 0 Å². The third-order valence-corrected chi connectivity index (χ3v) is 5.52. The Morgan fingerprint density at radius 2 is 1.65 bits per heavy atom. The predicted molar refractivity (Wildman–Crippen MR) is 88.1 cm³/mol. The normalized spacial score (nSPS) is 30.6. The van der Waals surface area contributed by atoms with Gasteiger partial charge in [0.25, 0.3) is 0 Å². The third-order valence-electron chi connectivity index (χ3n) is 5.52. The van der Waals surface area contributed by atoms with E-state index in [1.54, 1.807) is 0 Å². The van der Waals surface area contributed by atoms with Crippen molar-refractivity contribution < 1.29 is 0 Å².